The maximum absolute atomic E-state index is 12.6. The van der Waals surface area contributed by atoms with Crippen molar-refractivity contribution in [3.05, 3.63) is 48.2 Å². The lowest BCUT2D eigenvalue weighted by Gasteiger charge is -2.10. The number of thioether (sulfide) groups is 1. The van der Waals surface area contributed by atoms with Crippen LogP contribution in [-0.4, -0.2) is 35.9 Å². The molecule has 1 amide bonds. The van der Waals surface area contributed by atoms with Crippen molar-refractivity contribution in [2.45, 2.75) is 17.2 Å². The molecule has 1 aromatic carbocycles. The summed E-state index contributed by atoms with van der Waals surface area (Å²) in [5, 5.41) is 10.8. The molecule has 1 unspecified atom stereocenters. The first-order valence-corrected chi connectivity index (χ1v) is 9.99. The molecule has 9 heteroatoms. The van der Waals surface area contributed by atoms with Gasteiger partial charge >= 0.3 is 0 Å². The number of aryl methyl sites for hydroxylation is 1. The van der Waals surface area contributed by atoms with E-state index in [0.29, 0.717) is 5.13 Å². The summed E-state index contributed by atoms with van der Waals surface area (Å²) in [5.41, 5.74) is 2.62. The van der Waals surface area contributed by atoms with E-state index in [4.69, 9.17) is 0 Å². The standard InChI is InChI=1S/C18H16N6OS2/c1-11(27-17-13-8-21-24(2)15(13)19-10-20-17)16(25)23-18-22-14(9-26-18)12-6-4-3-5-7-12/h3-11H,1-2H3,(H,22,23,25). The van der Waals surface area contributed by atoms with Gasteiger partial charge in [-0.3, -0.25) is 9.48 Å². The van der Waals surface area contributed by atoms with Gasteiger partial charge in [-0.15, -0.1) is 11.3 Å². The molecule has 1 N–H and O–H groups in total. The topological polar surface area (TPSA) is 85.6 Å². The van der Waals surface area contributed by atoms with Crippen LogP contribution in [0.1, 0.15) is 6.92 Å². The molecule has 7 nitrogen and oxygen atoms in total. The van der Waals surface area contributed by atoms with Gasteiger partial charge in [0.25, 0.3) is 0 Å². The zero-order valence-electron chi connectivity index (χ0n) is 14.7. The molecule has 0 fully saturated rings. The van der Waals surface area contributed by atoms with Crippen LogP contribution >= 0.6 is 23.1 Å². The van der Waals surface area contributed by atoms with Crippen LogP contribution in [0.5, 0.6) is 0 Å². The van der Waals surface area contributed by atoms with Crippen LogP contribution in [0.15, 0.2) is 53.3 Å². The molecule has 27 heavy (non-hydrogen) atoms. The number of amides is 1. The zero-order chi connectivity index (χ0) is 18.8. The highest BCUT2D eigenvalue weighted by Crippen LogP contribution is 2.29. The minimum atomic E-state index is -0.340. The molecule has 0 aliphatic heterocycles. The van der Waals surface area contributed by atoms with E-state index in [2.05, 4.69) is 25.4 Å². The lowest BCUT2D eigenvalue weighted by atomic mass is 10.2. The summed E-state index contributed by atoms with van der Waals surface area (Å²) in [5.74, 6) is -0.121. The third-order valence-electron chi connectivity index (χ3n) is 3.95. The molecule has 4 aromatic rings. The number of fused-ring (bicyclic) bond motifs is 1. The molecule has 3 aromatic heterocycles. The SMILES string of the molecule is CC(Sc1ncnc2c1cnn2C)C(=O)Nc1nc(-c2ccccc2)cs1. The summed E-state index contributed by atoms with van der Waals surface area (Å²) in [6, 6.07) is 9.88. The second kappa shape index (κ2) is 7.45. The van der Waals surface area contributed by atoms with Gasteiger partial charge in [0, 0.05) is 18.0 Å². The average molecular weight is 397 g/mol. The van der Waals surface area contributed by atoms with Crippen molar-refractivity contribution in [3.63, 3.8) is 0 Å². The minimum absolute atomic E-state index is 0.121. The summed E-state index contributed by atoms with van der Waals surface area (Å²) in [4.78, 5) is 25.6. The van der Waals surface area contributed by atoms with Crippen molar-refractivity contribution in [2.75, 3.05) is 5.32 Å². The summed E-state index contributed by atoms with van der Waals surface area (Å²) < 4.78 is 1.69. The van der Waals surface area contributed by atoms with Crippen molar-refractivity contribution in [1.29, 1.82) is 0 Å². The van der Waals surface area contributed by atoms with E-state index in [1.807, 2.05) is 49.7 Å². The number of thiazole rings is 1. The molecule has 0 spiro atoms. The minimum Gasteiger partial charge on any atom is -0.301 e. The van der Waals surface area contributed by atoms with Crippen molar-refractivity contribution < 1.29 is 4.79 Å². The molecule has 136 valence electrons. The van der Waals surface area contributed by atoms with Gasteiger partial charge in [-0.25, -0.2) is 15.0 Å². The Kier molecular flexibility index (Phi) is 4.87. The van der Waals surface area contributed by atoms with E-state index in [1.54, 1.807) is 10.9 Å². The van der Waals surface area contributed by atoms with Crippen LogP contribution in [0.4, 0.5) is 5.13 Å². The Labute approximate surface area is 163 Å². The first-order valence-electron chi connectivity index (χ1n) is 8.23. The summed E-state index contributed by atoms with van der Waals surface area (Å²) in [6.45, 7) is 1.84. The molecule has 0 saturated heterocycles. The molecule has 0 aliphatic carbocycles. The molecular weight excluding hydrogens is 380 g/mol. The predicted molar refractivity (Wildman–Crippen MR) is 108 cm³/mol. The largest absolute Gasteiger partial charge is 0.301 e. The fourth-order valence-electron chi connectivity index (χ4n) is 2.54. The van der Waals surface area contributed by atoms with Gasteiger partial charge in [0.05, 0.1) is 22.5 Å². The number of rotatable bonds is 5. The first-order chi connectivity index (χ1) is 13.1. The van der Waals surface area contributed by atoms with Crippen LogP contribution in [0.2, 0.25) is 0 Å². The number of hydrogen-bond donors (Lipinski definition) is 1. The summed E-state index contributed by atoms with van der Waals surface area (Å²) in [7, 11) is 1.83. The third-order valence-corrected chi connectivity index (χ3v) is 5.83. The van der Waals surface area contributed by atoms with Gasteiger partial charge in [-0.1, -0.05) is 42.1 Å². The second-order valence-corrected chi connectivity index (χ2v) is 8.03. The molecule has 0 saturated carbocycles. The maximum Gasteiger partial charge on any atom is 0.239 e. The Morgan fingerprint density at radius 1 is 1.26 bits per heavy atom. The van der Waals surface area contributed by atoms with Crippen LogP contribution in [0.3, 0.4) is 0 Å². The first kappa shape index (κ1) is 17.6. The lowest BCUT2D eigenvalue weighted by Crippen LogP contribution is -2.22. The van der Waals surface area contributed by atoms with Gasteiger partial charge in [0.1, 0.15) is 11.4 Å². The van der Waals surface area contributed by atoms with Crippen molar-refractivity contribution in [1.82, 2.24) is 24.7 Å². The van der Waals surface area contributed by atoms with Gasteiger partial charge in [-0.2, -0.15) is 5.10 Å². The van der Waals surface area contributed by atoms with Crippen molar-refractivity contribution in [3.8, 4) is 11.3 Å². The van der Waals surface area contributed by atoms with E-state index < -0.39 is 0 Å². The van der Waals surface area contributed by atoms with Gasteiger partial charge in [0.15, 0.2) is 10.8 Å². The Morgan fingerprint density at radius 3 is 2.89 bits per heavy atom. The van der Waals surface area contributed by atoms with Gasteiger partial charge in [0.2, 0.25) is 5.91 Å². The number of hydrogen-bond acceptors (Lipinski definition) is 7. The monoisotopic (exact) mass is 396 g/mol. The number of nitrogens with zero attached hydrogens (tertiary/aromatic N) is 5. The van der Waals surface area contributed by atoms with Crippen molar-refractivity contribution in [2.24, 2.45) is 7.05 Å². The fourth-order valence-corrected chi connectivity index (χ4v) is 4.14. The molecule has 0 aliphatic rings. The van der Waals surface area contributed by atoms with E-state index in [-0.39, 0.29) is 11.2 Å². The number of carbonyl (C=O) groups is 1. The van der Waals surface area contributed by atoms with E-state index in [0.717, 1.165) is 27.3 Å². The Morgan fingerprint density at radius 2 is 2.07 bits per heavy atom. The number of carbonyl (C=O) groups excluding carboxylic acids is 1. The van der Waals surface area contributed by atoms with Gasteiger partial charge in [-0.05, 0) is 6.92 Å². The number of aromatic nitrogens is 5. The molecule has 0 bridgehead atoms. The summed E-state index contributed by atoms with van der Waals surface area (Å²) >= 11 is 2.79. The van der Waals surface area contributed by atoms with E-state index in [9.17, 15) is 4.79 Å². The van der Waals surface area contributed by atoms with Gasteiger partial charge < -0.3 is 5.32 Å². The van der Waals surface area contributed by atoms with E-state index in [1.165, 1.54) is 29.4 Å². The lowest BCUT2D eigenvalue weighted by molar-refractivity contribution is -0.115. The highest BCUT2D eigenvalue weighted by molar-refractivity contribution is 8.00. The Hall–Kier alpha value is -2.78. The molecule has 1 atom stereocenters. The predicted octanol–water partition coefficient (Wildman–Crippen LogP) is 3.61. The quantitative estimate of drug-likeness (QED) is 0.410. The third kappa shape index (κ3) is 3.69. The van der Waals surface area contributed by atoms with Crippen molar-refractivity contribution >= 4 is 45.2 Å². The van der Waals surface area contributed by atoms with E-state index >= 15 is 0 Å². The fraction of sp³-hybridized carbons (Fsp3) is 0.167. The molecule has 0 radical (unpaired) electrons. The van der Waals surface area contributed by atoms with Crippen LogP contribution in [-0.2, 0) is 11.8 Å². The molecule has 3 heterocycles. The highest BCUT2D eigenvalue weighted by atomic mass is 32.2. The number of nitrogens with one attached hydrogen (secondary N) is 1. The molecular formula is C18H16N6OS2. The van der Waals surface area contributed by atoms with Crippen LogP contribution in [0, 0.1) is 0 Å². The number of benzene rings is 1. The van der Waals surface area contributed by atoms with Crippen LogP contribution < -0.4 is 5.32 Å². The zero-order valence-corrected chi connectivity index (χ0v) is 16.3. The average Bonchev–Trinajstić information content (AvgIpc) is 3.30. The number of anilines is 1. The Bertz CT molecular complexity index is 1090. The summed E-state index contributed by atoms with van der Waals surface area (Å²) in [6.07, 6.45) is 3.21. The normalized spacial score (nSPS) is 12.2. The maximum atomic E-state index is 12.6. The molecule has 4 rings (SSSR count). The highest BCUT2D eigenvalue weighted by Gasteiger charge is 2.19. The smallest absolute Gasteiger partial charge is 0.239 e. The van der Waals surface area contributed by atoms with Crippen LogP contribution in [0.25, 0.3) is 22.3 Å². The Balaban J connectivity index is 1.46. The second-order valence-electron chi connectivity index (χ2n) is 5.84.